The lowest BCUT2D eigenvalue weighted by atomic mass is 10.1. The molecular weight excluding hydrogens is 342 g/mol. The second-order valence-electron chi connectivity index (χ2n) is 6.04. The molecule has 0 aliphatic rings. The fourth-order valence-corrected chi connectivity index (χ4v) is 2.68. The van der Waals surface area contributed by atoms with Crippen molar-refractivity contribution in [1.29, 1.82) is 0 Å². The van der Waals surface area contributed by atoms with Crippen LogP contribution in [0.3, 0.4) is 0 Å². The zero-order valence-electron chi connectivity index (χ0n) is 14.6. The molecule has 0 unspecified atom stereocenters. The summed E-state index contributed by atoms with van der Waals surface area (Å²) in [5.74, 6) is -0.191. The number of non-ortho nitro benzene ring substituents is 1. The number of hydrogen-bond donors (Lipinski definition) is 1. The van der Waals surface area contributed by atoms with E-state index in [2.05, 4.69) is 5.43 Å². The molecule has 0 radical (unpaired) electrons. The molecule has 3 aromatic carbocycles. The van der Waals surface area contributed by atoms with Crippen LogP contribution in [0.5, 0.6) is 0 Å². The zero-order valence-corrected chi connectivity index (χ0v) is 14.6. The van der Waals surface area contributed by atoms with Crippen LogP contribution < -0.4 is 10.4 Å². The van der Waals surface area contributed by atoms with Crippen molar-refractivity contribution in [3.8, 4) is 0 Å². The van der Waals surface area contributed by atoms with Gasteiger partial charge < -0.3 is 0 Å². The molecule has 27 heavy (non-hydrogen) atoms. The van der Waals surface area contributed by atoms with Gasteiger partial charge in [-0.15, -0.1) is 0 Å². The minimum atomic E-state index is -0.457. The summed E-state index contributed by atoms with van der Waals surface area (Å²) in [6, 6.07) is 25.5. The van der Waals surface area contributed by atoms with Crippen LogP contribution in [0, 0.1) is 10.1 Å². The van der Waals surface area contributed by atoms with Crippen LogP contribution in [0.25, 0.3) is 0 Å². The van der Waals surface area contributed by atoms with Gasteiger partial charge in [-0.25, -0.2) is 0 Å². The highest BCUT2D eigenvalue weighted by Gasteiger charge is 2.12. The number of hydrazine groups is 1. The number of amides is 1. The van der Waals surface area contributed by atoms with Gasteiger partial charge in [0.2, 0.25) is 5.91 Å². The number of benzene rings is 3. The fraction of sp³-hybridized carbons (Fsp3) is 0.0952. The first-order valence-electron chi connectivity index (χ1n) is 8.51. The molecule has 6 nitrogen and oxygen atoms in total. The zero-order chi connectivity index (χ0) is 19.1. The highest BCUT2D eigenvalue weighted by atomic mass is 16.6. The van der Waals surface area contributed by atoms with E-state index in [4.69, 9.17) is 0 Å². The molecule has 0 bridgehead atoms. The normalized spacial score (nSPS) is 10.2. The Morgan fingerprint density at radius 3 is 2.04 bits per heavy atom. The number of rotatable bonds is 7. The minimum Gasteiger partial charge on any atom is -0.281 e. The summed E-state index contributed by atoms with van der Waals surface area (Å²) in [5.41, 5.74) is 5.59. The van der Waals surface area contributed by atoms with Gasteiger partial charge in [0.25, 0.3) is 5.69 Å². The molecule has 1 amide bonds. The first-order chi connectivity index (χ1) is 13.1. The van der Waals surface area contributed by atoms with Gasteiger partial charge in [-0.1, -0.05) is 60.7 Å². The highest BCUT2D eigenvalue weighted by Crippen LogP contribution is 2.16. The third kappa shape index (κ3) is 5.15. The summed E-state index contributed by atoms with van der Waals surface area (Å²) in [7, 11) is 0. The molecule has 0 spiro atoms. The molecule has 0 saturated heterocycles. The lowest BCUT2D eigenvalue weighted by Gasteiger charge is -2.25. The van der Waals surface area contributed by atoms with Crippen LogP contribution in [0.4, 0.5) is 11.4 Å². The average molecular weight is 361 g/mol. The molecular formula is C21H19N3O3. The number of carbonyl (C=O) groups is 1. The van der Waals surface area contributed by atoms with E-state index in [1.807, 2.05) is 60.7 Å². The van der Waals surface area contributed by atoms with E-state index in [0.717, 1.165) is 11.3 Å². The van der Waals surface area contributed by atoms with Gasteiger partial charge in [0.1, 0.15) is 0 Å². The lowest BCUT2D eigenvalue weighted by molar-refractivity contribution is -0.384. The van der Waals surface area contributed by atoms with Crippen molar-refractivity contribution < 1.29 is 9.72 Å². The van der Waals surface area contributed by atoms with Gasteiger partial charge in [-0.3, -0.25) is 25.3 Å². The average Bonchev–Trinajstić information content (AvgIpc) is 2.69. The fourth-order valence-electron chi connectivity index (χ4n) is 2.68. The number of nitro benzene ring substituents is 1. The standard InChI is InChI=1S/C21H19N3O3/c25-21(15-17-11-13-20(14-12-17)24(26)27)22-23(19-9-5-2-6-10-19)16-18-7-3-1-4-8-18/h1-14H,15-16H2,(H,22,25). The molecule has 0 fully saturated rings. The van der Waals surface area contributed by atoms with Crippen molar-refractivity contribution in [3.05, 3.63) is 106 Å². The number of hydrogen-bond acceptors (Lipinski definition) is 4. The molecule has 0 aliphatic heterocycles. The molecule has 3 rings (SSSR count). The number of nitrogens with one attached hydrogen (secondary N) is 1. The predicted molar refractivity (Wildman–Crippen MR) is 104 cm³/mol. The van der Waals surface area contributed by atoms with Gasteiger partial charge >= 0.3 is 0 Å². The summed E-state index contributed by atoms with van der Waals surface area (Å²) >= 11 is 0. The number of carbonyl (C=O) groups excluding carboxylic acids is 1. The summed E-state index contributed by atoms with van der Waals surface area (Å²) in [6.07, 6.45) is 0.135. The Labute approximate surface area is 157 Å². The molecule has 0 aliphatic carbocycles. The van der Waals surface area contributed by atoms with Crippen molar-refractivity contribution in [3.63, 3.8) is 0 Å². The topological polar surface area (TPSA) is 75.5 Å². The first kappa shape index (κ1) is 18.1. The Morgan fingerprint density at radius 2 is 1.44 bits per heavy atom. The largest absolute Gasteiger partial charge is 0.281 e. The third-order valence-electron chi connectivity index (χ3n) is 4.02. The Morgan fingerprint density at radius 1 is 0.852 bits per heavy atom. The molecule has 0 atom stereocenters. The molecule has 0 heterocycles. The number of nitro groups is 1. The smallest absolute Gasteiger partial charge is 0.269 e. The molecule has 0 saturated carbocycles. The van der Waals surface area contributed by atoms with Crippen molar-refractivity contribution in [2.45, 2.75) is 13.0 Å². The van der Waals surface area contributed by atoms with Gasteiger partial charge in [-0.05, 0) is 23.3 Å². The van der Waals surface area contributed by atoms with E-state index in [9.17, 15) is 14.9 Å². The van der Waals surface area contributed by atoms with Crippen molar-refractivity contribution in [1.82, 2.24) is 5.43 Å². The lowest BCUT2D eigenvalue weighted by Crippen LogP contribution is -2.42. The van der Waals surface area contributed by atoms with Crippen molar-refractivity contribution >= 4 is 17.3 Å². The molecule has 6 heteroatoms. The minimum absolute atomic E-state index is 0.00847. The molecule has 1 N–H and O–H groups in total. The van der Waals surface area contributed by atoms with Crippen LogP contribution in [-0.4, -0.2) is 10.8 Å². The molecule has 0 aromatic heterocycles. The quantitative estimate of drug-likeness (QED) is 0.512. The van der Waals surface area contributed by atoms with Crippen LogP contribution in [-0.2, 0) is 17.8 Å². The highest BCUT2D eigenvalue weighted by molar-refractivity contribution is 5.80. The van der Waals surface area contributed by atoms with E-state index < -0.39 is 4.92 Å². The van der Waals surface area contributed by atoms with Gasteiger partial charge in [0.05, 0.1) is 23.6 Å². The number of anilines is 1. The predicted octanol–water partition coefficient (Wildman–Crippen LogP) is 3.88. The Hall–Kier alpha value is -3.67. The van der Waals surface area contributed by atoms with E-state index in [-0.39, 0.29) is 18.0 Å². The first-order valence-corrected chi connectivity index (χ1v) is 8.51. The summed E-state index contributed by atoms with van der Waals surface area (Å²) in [5, 5.41) is 12.5. The Bertz CT molecular complexity index is 897. The van der Waals surface area contributed by atoms with Crippen LogP contribution in [0.2, 0.25) is 0 Å². The van der Waals surface area contributed by atoms with E-state index in [1.165, 1.54) is 12.1 Å². The SMILES string of the molecule is O=C(Cc1ccc([N+](=O)[O-])cc1)NN(Cc1ccccc1)c1ccccc1. The maximum atomic E-state index is 12.5. The van der Waals surface area contributed by atoms with Crippen molar-refractivity contribution in [2.24, 2.45) is 0 Å². The Kier molecular flexibility index (Phi) is 5.79. The Balaban J connectivity index is 1.71. The van der Waals surface area contributed by atoms with Crippen LogP contribution in [0.1, 0.15) is 11.1 Å². The monoisotopic (exact) mass is 361 g/mol. The van der Waals surface area contributed by atoms with Gasteiger partial charge in [0.15, 0.2) is 0 Å². The maximum absolute atomic E-state index is 12.5. The second-order valence-corrected chi connectivity index (χ2v) is 6.04. The van der Waals surface area contributed by atoms with Crippen LogP contribution >= 0.6 is 0 Å². The second kappa shape index (κ2) is 8.62. The number of para-hydroxylation sites is 1. The van der Waals surface area contributed by atoms with Crippen molar-refractivity contribution in [2.75, 3.05) is 5.01 Å². The van der Waals surface area contributed by atoms with Crippen LogP contribution in [0.15, 0.2) is 84.9 Å². The van der Waals surface area contributed by atoms with E-state index in [1.54, 1.807) is 17.1 Å². The molecule has 3 aromatic rings. The third-order valence-corrected chi connectivity index (χ3v) is 4.02. The maximum Gasteiger partial charge on any atom is 0.269 e. The van der Waals surface area contributed by atoms with Gasteiger partial charge in [0, 0.05) is 12.1 Å². The molecule has 136 valence electrons. The number of nitrogens with zero attached hydrogens (tertiary/aromatic N) is 2. The summed E-state index contributed by atoms with van der Waals surface area (Å²) < 4.78 is 0. The summed E-state index contributed by atoms with van der Waals surface area (Å²) in [4.78, 5) is 22.8. The summed E-state index contributed by atoms with van der Waals surface area (Å²) in [6.45, 7) is 0.525. The van der Waals surface area contributed by atoms with Gasteiger partial charge in [-0.2, -0.15) is 0 Å². The van der Waals surface area contributed by atoms with E-state index in [0.29, 0.717) is 12.1 Å². The van der Waals surface area contributed by atoms with E-state index >= 15 is 0 Å².